The summed E-state index contributed by atoms with van der Waals surface area (Å²) in [6.45, 7) is 6.34. The van der Waals surface area contributed by atoms with Crippen LogP contribution in [0.3, 0.4) is 0 Å². The maximum absolute atomic E-state index is 11.8. The zero-order valence-corrected chi connectivity index (χ0v) is 20.9. The summed E-state index contributed by atoms with van der Waals surface area (Å²) in [5.41, 5.74) is 7.42. The van der Waals surface area contributed by atoms with E-state index in [4.69, 9.17) is 15.2 Å². The van der Waals surface area contributed by atoms with Crippen LogP contribution >= 0.6 is 24.0 Å². The van der Waals surface area contributed by atoms with E-state index in [0.717, 1.165) is 31.7 Å². The predicted octanol–water partition coefficient (Wildman–Crippen LogP) is 2.98. The molecule has 0 bridgehead atoms. The average Bonchev–Trinajstić information content (AvgIpc) is 3.29. The molecular weight excluding hydrogens is 509 g/mol. The van der Waals surface area contributed by atoms with Crippen molar-refractivity contribution in [2.24, 2.45) is 10.7 Å². The number of nitrogens with one attached hydrogen (secondary N) is 1. The fourth-order valence-electron chi connectivity index (χ4n) is 4.19. The number of methoxy groups -OCH3 is 1. The number of benzene rings is 1. The number of halogens is 1. The lowest BCUT2D eigenvalue weighted by Crippen LogP contribution is -2.48. The van der Waals surface area contributed by atoms with Crippen molar-refractivity contribution in [1.82, 2.24) is 15.1 Å². The van der Waals surface area contributed by atoms with Crippen molar-refractivity contribution in [3.63, 3.8) is 0 Å². The summed E-state index contributed by atoms with van der Waals surface area (Å²) >= 11 is 0. The van der Waals surface area contributed by atoms with Crippen molar-refractivity contribution in [3.8, 4) is 5.75 Å². The van der Waals surface area contributed by atoms with Crippen LogP contribution in [-0.2, 0) is 4.74 Å². The van der Waals surface area contributed by atoms with E-state index in [1.54, 1.807) is 12.0 Å². The summed E-state index contributed by atoms with van der Waals surface area (Å²) in [6.07, 6.45) is 3.87. The van der Waals surface area contributed by atoms with Gasteiger partial charge in [-0.25, -0.2) is 4.79 Å². The molecule has 31 heavy (non-hydrogen) atoms. The van der Waals surface area contributed by atoms with Gasteiger partial charge >= 0.3 is 6.09 Å². The Balaban J connectivity index is 0.00000341. The van der Waals surface area contributed by atoms with Gasteiger partial charge in [-0.15, -0.1) is 24.0 Å². The third-order valence-electron chi connectivity index (χ3n) is 5.87. The zero-order chi connectivity index (χ0) is 21.3. The highest BCUT2D eigenvalue weighted by molar-refractivity contribution is 14.0. The van der Waals surface area contributed by atoms with E-state index in [1.807, 2.05) is 19.1 Å². The molecule has 1 unspecified atom stereocenters. The van der Waals surface area contributed by atoms with Crippen molar-refractivity contribution in [1.29, 1.82) is 0 Å². The average molecular weight is 545 g/mol. The summed E-state index contributed by atoms with van der Waals surface area (Å²) in [6, 6.07) is 8.63. The summed E-state index contributed by atoms with van der Waals surface area (Å²) in [4.78, 5) is 20.7. The summed E-state index contributed by atoms with van der Waals surface area (Å²) in [5.74, 6) is 1.33. The number of carbonyl (C=O) groups excluding carboxylic acids is 1. The number of nitrogens with zero attached hydrogens (tertiary/aromatic N) is 3. The minimum Gasteiger partial charge on any atom is -0.497 e. The second-order valence-corrected chi connectivity index (χ2v) is 7.87. The topological polar surface area (TPSA) is 92.4 Å². The predicted molar refractivity (Wildman–Crippen MR) is 133 cm³/mol. The number of guanidine groups is 1. The fourth-order valence-corrected chi connectivity index (χ4v) is 4.19. The molecule has 2 aliphatic rings. The number of aliphatic imine (C=N–C) groups is 1. The highest BCUT2D eigenvalue weighted by atomic mass is 127. The number of amides is 1. The number of hydrogen-bond donors (Lipinski definition) is 2. The molecule has 1 atom stereocenters. The smallest absolute Gasteiger partial charge is 0.409 e. The number of carbonyl (C=O) groups is 1. The van der Waals surface area contributed by atoms with Crippen molar-refractivity contribution in [2.45, 2.75) is 44.7 Å². The first-order chi connectivity index (χ1) is 14.6. The van der Waals surface area contributed by atoms with Crippen LogP contribution < -0.4 is 15.8 Å². The Labute approximate surface area is 202 Å². The van der Waals surface area contributed by atoms with Crippen LogP contribution in [0.15, 0.2) is 29.3 Å². The molecule has 2 heterocycles. The van der Waals surface area contributed by atoms with Crippen molar-refractivity contribution in [2.75, 3.05) is 46.4 Å². The molecule has 2 saturated heterocycles. The third kappa shape index (κ3) is 7.41. The van der Waals surface area contributed by atoms with Gasteiger partial charge in [0.1, 0.15) is 5.75 Å². The normalized spacial score (nSPS) is 18.9. The van der Waals surface area contributed by atoms with E-state index in [2.05, 4.69) is 27.3 Å². The second kappa shape index (κ2) is 12.9. The largest absolute Gasteiger partial charge is 0.497 e. The first-order valence-electron chi connectivity index (χ1n) is 11.0. The molecule has 9 heteroatoms. The first-order valence-corrected chi connectivity index (χ1v) is 11.0. The number of rotatable bonds is 7. The molecule has 0 spiro atoms. The molecule has 174 valence electrons. The SMILES string of the molecule is CCOC(=O)N1CCC(NC(N)=NCC(c2cccc(OC)c2)N2CCCC2)CC1.I. The second-order valence-electron chi connectivity index (χ2n) is 7.87. The van der Waals surface area contributed by atoms with Crippen LogP contribution in [0.1, 0.15) is 44.2 Å². The van der Waals surface area contributed by atoms with Crippen LogP contribution in [0.4, 0.5) is 4.79 Å². The van der Waals surface area contributed by atoms with Gasteiger partial charge in [0, 0.05) is 19.1 Å². The number of piperidine rings is 1. The van der Waals surface area contributed by atoms with Crippen LogP contribution in [0, 0.1) is 0 Å². The molecular formula is C22H36IN5O3. The maximum Gasteiger partial charge on any atom is 0.409 e. The van der Waals surface area contributed by atoms with Gasteiger partial charge in [-0.2, -0.15) is 0 Å². The summed E-state index contributed by atoms with van der Waals surface area (Å²) < 4.78 is 10.5. The molecule has 0 radical (unpaired) electrons. The monoisotopic (exact) mass is 545 g/mol. The molecule has 0 aliphatic carbocycles. The Morgan fingerprint density at radius 2 is 1.97 bits per heavy atom. The Bertz CT molecular complexity index is 719. The lowest BCUT2D eigenvalue weighted by atomic mass is 10.1. The lowest BCUT2D eigenvalue weighted by molar-refractivity contribution is 0.0963. The Morgan fingerprint density at radius 3 is 2.61 bits per heavy atom. The number of nitrogens with two attached hydrogens (primary N) is 1. The van der Waals surface area contributed by atoms with E-state index in [9.17, 15) is 4.79 Å². The Kier molecular flexibility index (Phi) is 10.7. The number of ether oxygens (including phenoxy) is 2. The third-order valence-corrected chi connectivity index (χ3v) is 5.87. The molecule has 1 aromatic carbocycles. The number of hydrogen-bond acceptors (Lipinski definition) is 5. The molecule has 1 amide bonds. The minimum absolute atomic E-state index is 0. The van der Waals surface area contributed by atoms with Crippen LogP contribution in [0.2, 0.25) is 0 Å². The maximum atomic E-state index is 11.8. The van der Waals surface area contributed by atoms with Gasteiger partial charge in [0.25, 0.3) is 0 Å². The van der Waals surface area contributed by atoms with Crippen molar-refractivity contribution in [3.05, 3.63) is 29.8 Å². The minimum atomic E-state index is -0.232. The molecule has 3 N–H and O–H groups in total. The van der Waals surface area contributed by atoms with Gasteiger partial charge in [0.2, 0.25) is 0 Å². The van der Waals surface area contributed by atoms with Gasteiger partial charge in [0.15, 0.2) is 5.96 Å². The van der Waals surface area contributed by atoms with E-state index < -0.39 is 0 Å². The quantitative estimate of drug-likeness (QED) is 0.311. The van der Waals surface area contributed by atoms with Crippen molar-refractivity contribution >= 4 is 36.0 Å². The molecule has 0 aromatic heterocycles. The fraction of sp³-hybridized carbons (Fsp3) is 0.636. The molecule has 8 nitrogen and oxygen atoms in total. The van der Waals surface area contributed by atoms with E-state index in [1.165, 1.54) is 18.4 Å². The summed E-state index contributed by atoms with van der Waals surface area (Å²) in [7, 11) is 1.69. The standard InChI is InChI=1S/C22H35N5O3.HI/c1-3-30-22(28)27-13-9-18(10-14-27)25-21(23)24-16-20(26-11-4-5-12-26)17-7-6-8-19(15-17)29-2;/h6-8,15,18,20H,3-5,9-14,16H2,1-2H3,(H3,23,24,25);1H. The molecule has 2 aliphatic heterocycles. The van der Waals surface area contributed by atoms with Crippen LogP contribution in [-0.4, -0.2) is 74.3 Å². The zero-order valence-electron chi connectivity index (χ0n) is 18.6. The number of likely N-dealkylation sites (tertiary alicyclic amines) is 2. The molecule has 1 aromatic rings. The van der Waals surface area contributed by atoms with Gasteiger partial charge in [-0.3, -0.25) is 9.89 Å². The van der Waals surface area contributed by atoms with E-state index >= 15 is 0 Å². The molecule has 2 fully saturated rings. The van der Waals surface area contributed by atoms with Crippen LogP contribution in [0.25, 0.3) is 0 Å². The summed E-state index contributed by atoms with van der Waals surface area (Å²) in [5, 5.41) is 3.34. The van der Waals surface area contributed by atoms with Gasteiger partial charge < -0.3 is 25.4 Å². The van der Waals surface area contributed by atoms with Gasteiger partial charge in [-0.1, -0.05) is 12.1 Å². The lowest BCUT2D eigenvalue weighted by Gasteiger charge is -2.32. The van der Waals surface area contributed by atoms with Crippen molar-refractivity contribution < 1.29 is 14.3 Å². The van der Waals surface area contributed by atoms with E-state index in [-0.39, 0.29) is 42.2 Å². The highest BCUT2D eigenvalue weighted by Crippen LogP contribution is 2.28. The Hall–Kier alpha value is -1.75. The molecule has 3 rings (SSSR count). The van der Waals surface area contributed by atoms with Gasteiger partial charge in [0.05, 0.1) is 26.3 Å². The highest BCUT2D eigenvalue weighted by Gasteiger charge is 2.25. The molecule has 0 saturated carbocycles. The van der Waals surface area contributed by atoms with E-state index in [0.29, 0.717) is 32.2 Å². The van der Waals surface area contributed by atoms with Gasteiger partial charge in [-0.05, 0) is 63.4 Å². The van der Waals surface area contributed by atoms with Crippen LogP contribution in [0.5, 0.6) is 5.75 Å². The first kappa shape index (κ1) is 25.5. The Morgan fingerprint density at radius 1 is 1.26 bits per heavy atom.